The van der Waals surface area contributed by atoms with E-state index >= 15 is 0 Å². The maximum Gasteiger partial charge on any atom is 0.251 e. The predicted molar refractivity (Wildman–Crippen MR) is 76.7 cm³/mol. The molecular formula is C16H25NO. The lowest BCUT2D eigenvalue weighted by atomic mass is 10.0. The van der Waals surface area contributed by atoms with Crippen LogP contribution in [0.15, 0.2) is 30.3 Å². The summed E-state index contributed by atoms with van der Waals surface area (Å²) in [5.74, 6) is 0.848. The normalized spacial score (nSPS) is 10.6. The Balaban J connectivity index is 2.03. The van der Waals surface area contributed by atoms with E-state index < -0.39 is 0 Å². The first-order valence-corrected chi connectivity index (χ1v) is 7.03. The molecule has 0 saturated carbocycles. The van der Waals surface area contributed by atoms with E-state index in [0.29, 0.717) is 0 Å². The first-order chi connectivity index (χ1) is 8.70. The molecule has 1 amide bonds. The van der Waals surface area contributed by atoms with Gasteiger partial charge in [-0.3, -0.25) is 4.79 Å². The van der Waals surface area contributed by atoms with Gasteiger partial charge >= 0.3 is 0 Å². The van der Waals surface area contributed by atoms with Crippen molar-refractivity contribution in [1.82, 2.24) is 5.32 Å². The second-order valence-corrected chi connectivity index (χ2v) is 5.22. The third-order valence-corrected chi connectivity index (χ3v) is 3.03. The van der Waals surface area contributed by atoms with Crippen molar-refractivity contribution in [3.8, 4) is 0 Å². The molecule has 0 aliphatic heterocycles. The minimum absolute atomic E-state index is 0.0396. The second kappa shape index (κ2) is 8.73. The molecule has 0 radical (unpaired) electrons. The Morgan fingerprint density at radius 1 is 1.06 bits per heavy atom. The molecule has 0 heterocycles. The van der Waals surface area contributed by atoms with Crippen molar-refractivity contribution in [3.05, 3.63) is 35.9 Å². The standard InChI is InChI=1S/C16H25NO/c1-14(2)10-6-3-4-9-13-17-16(18)15-11-7-5-8-12-15/h5,7-8,11-12,14H,3-4,6,9-10,13H2,1-2H3,(H,17,18). The van der Waals surface area contributed by atoms with Gasteiger partial charge in [0.05, 0.1) is 0 Å². The molecule has 0 aliphatic rings. The van der Waals surface area contributed by atoms with E-state index in [1.807, 2.05) is 30.3 Å². The van der Waals surface area contributed by atoms with Crippen LogP contribution in [0.5, 0.6) is 0 Å². The van der Waals surface area contributed by atoms with Crippen LogP contribution in [0.4, 0.5) is 0 Å². The van der Waals surface area contributed by atoms with E-state index in [9.17, 15) is 4.79 Å². The Bertz CT molecular complexity index is 332. The maximum atomic E-state index is 11.7. The third-order valence-electron chi connectivity index (χ3n) is 3.03. The van der Waals surface area contributed by atoms with E-state index in [0.717, 1.165) is 24.4 Å². The van der Waals surface area contributed by atoms with Crippen molar-refractivity contribution < 1.29 is 4.79 Å². The van der Waals surface area contributed by atoms with E-state index in [1.54, 1.807) is 0 Å². The average Bonchev–Trinajstić information content (AvgIpc) is 2.38. The number of rotatable bonds is 8. The number of nitrogens with one attached hydrogen (secondary N) is 1. The van der Waals surface area contributed by atoms with Gasteiger partial charge in [0.1, 0.15) is 0 Å². The van der Waals surface area contributed by atoms with E-state index in [2.05, 4.69) is 19.2 Å². The van der Waals surface area contributed by atoms with Crippen molar-refractivity contribution in [2.75, 3.05) is 6.54 Å². The highest BCUT2D eigenvalue weighted by atomic mass is 16.1. The summed E-state index contributed by atoms with van der Waals surface area (Å²) >= 11 is 0. The zero-order valence-corrected chi connectivity index (χ0v) is 11.6. The second-order valence-electron chi connectivity index (χ2n) is 5.22. The molecule has 1 aromatic carbocycles. The van der Waals surface area contributed by atoms with Crippen LogP contribution in [0.25, 0.3) is 0 Å². The Morgan fingerprint density at radius 3 is 2.39 bits per heavy atom. The Labute approximate surface area is 111 Å². The van der Waals surface area contributed by atoms with Crippen molar-refractivity contribution in [3.63, 3.8) is 0 Å². The van der Waals surface area contributed by atoms with Crippen LogP contribution in [0.2, 0.25) is 0 Å². The molecule has 0 unspecified atom stereocenters. The molecule has 0 spiro atoms. The zero-order chi connectivity index (χ0) is 13.2. The molecule has 0 fully saturated rings. The lowest BCUT2D eigenvalue weighted by Crippen LogP contribution is -2.24. The summed E-state index contributed by atoms with van der Waals surface area (Å²) in [5.41, 5.74) is 0.748. The Hall–Kier alpha value is -1.31. The fourth-order valence-corrected chi connectivity index (χ4v) is 1.92. The topological polar surface area (TPSA) is 29.1 Å². The minimum atomic E-state index is 0.0396. The highest BCUT2D eigenvalue weighted by Crippen LogP contribution is 2.09. The third kappa shape index (κ3) is 6.43. The number of carbonyl (C=O) groups excluding carboxylic acids is 1. The minimum Gasteiger partial charge on any atom is -0.352 e. The fraction of sp³-hybridized carbons (Fsp3) is 0.562. The van der Waals surface area contributed by atoms with Gasteiger partial charge in [-0.2, -0.15) is 0 Å². The van der Waals surface area contributed by atoms with Crippen molar-refractivity contribution in [2.45, 2.75) is 46.0 Å². The van der Waals surface area contributed by atoms with Gasteiger partial charge in [0, 0.05) is 12.1 Å². The highest BCUT2D eigenvalue weighted by Gasteiger charge is 2.02. The summed E-state index contributed by atoms with van der Waals surface area (Å²) in [6.07, 6.45) is 6.19. The molecule has 0 saturated heterocycles. The van der Waals surface area contributed by atoms with E-state index in [4.69, 9.17) is 0 Å². The van der Waals surface area contributed by atoms with Gasteiger partial charge in [-0.15, -0.1) is 0 Å². The van der Waals surface area contributed by atoms with E-state index in [1.165, 1.54) is 25.7 Å². The van der Waals surface area contributed by atoms with Gasteiger partial charge < -0.3 is 5.32 Å². The lowest BCUT2D eigenvalue weighted by molar-refractivity contribution is 0.0953. The molecule has 2 heteroatoms. The highest BCUT2D eigenvalue weighted by molar-refractivity contribution is 5.94. The summed E-state index contributed by atoms with van der Waals surface area (Å²) in [6, 6.07) is 9.39. The molecule has 2 nitrogen and oxygen atoms in total. The van der Waals surface area contributed by atoms with Gasteiger partial charge in [0.25, 0.3) is 5.91 Å². The molecular weight excluding hydrogens is 222 g/mol. The van der Waals surface area contributed by atoms with Gasteiger partial charge in [0.15, 0.2) is 0 Å². The molecule has 1 aromatic rings. The summed E-state index contributed by atoms with van der Waals surface area (Å²) in [4.78, 5) is 11.7. The lowest BCUT2D eigenvalue weighted by Gasteiger charge is -2.06. The monoisotopic (exact) mass is 247 g/mol. The molecule has 100 valence electrons. The van der Waals surface area contributed by atoms with Gasteiger partial charge in [-0.1, -0.05) is 57.7 Å². The number of benzene rings is 1. The van der Waals surface area contributed by atoms with Gasteiger partial charge in [-0.05, 0) is 24.5 Å². The molecule has 0 aliphatic carbocycles. The maximum absolute atomic E-state index is 11.7. The summed E-state index contributed by atoms with van der Waals surface area (Å²) in [5, 5.41) is 2.96. The molecule has 0 aromatic heterocycles. The van der Waals surface area contributed by atoms with Crippen molar-refractivity contribution >= 4 is 5.91 Å². The predicted octanol–water partition coefficient (Wildman–Crippen LogP) is 4.02. The molecule has 1 N–H and O–H groups in total. The number of unbranched alkanes of at least 4 members (excludes halogenated alkanes) is 3. The molecule has 0 bridgehead atoms. The van der Waals surface area contributed by atoms with Crippen LogP contribution in [0.3, 0.4) is 0 Å². The summed E-state index contributed by atoms with van der Waals surface area (Å²) in [6.45, 7) is 5.32. The Morgan fingerprint density at radius 2 is 1.72 bits per heavy atom. The molecule has 1 rings (SSSR count). The molecule has 18 heavy (non-hydrogen) atoms. The van der Waals surface area contributed by atoms with Crippen molar-refractivity contribution in [2.24, 2.45) is 5.92 Å². The number of carbonyl (C=O) groups is 1. The largest absolute Gasteiger partial charge is 0.352 e. The van der Waals surface area contributed by atoms with Crippen LogP contribution in [-0.4, -0.2) is 12.5 Å². The van der Waals surface area contributed by atoms with Gasteiger partial charge in [0.2, 0.25) is 0 Å². The smallest absolute Gasteiger partial charge is 0.251 e. The van der Waals surface area contributed by atoms with Crippen molar-refractivity contribution in [1.29, 1.82) is 0 Å². The average molecular weight is 247 g/mol. The first-order valence-electron chi connectivity index (χ1n) is 7.03. The van der Waals surface area contributed by atoms with Crippen LogP contribution in [0, 0.1) is 5.92 Å². The Kier molecular flexibility index (Phi) is 7.16. The summed E-state index contributed by atoms with van der Waals surface area (Å²) in [7, 11) is 0. The van der Waals surface area contributed by atoms with Crippen LogP contribution in [0.1, 0.15) is 56.3 Å². The van der Waals surface area contributed by atoms with Crippen LogP contribution >= 0.6 is 0 Å². The van der Waals surface area contributed by atoms with Crippen LogP contribution in [-0.2, 0) is 0 Å². The van der Waals surface area contributed by atoms with E-state index in [-0.39, 0.29) is 5.91 Å². The molecule has 0 atom stereocenters. The summed E-state index contributed by atoms with van der Waals surface area (Å²) < 4.78 is 0. The number of amides is 1. The van der Waals surface area contributed by atoms with Crippen LogP contribution < -0.4 is 5.32 Å². The SMILES string of the molecule is CC(C)CCCCCCNC(=O)c1ccccc1. The number of hydrogen-bond donors (Lipinski definition) is 1. The fourth-order valence-electron chi connectivity index (χ4n) is 1.92. The van der Waals surface area contributed by atoms with Gasteiger partial charge in [-0.25, -0.2) is 0 Å². The first kappa shape index (κ1) is 14.7. The number of hydrogen-bond acceptors (Lipinski definition) is 1. The quantitative estimate of drug-likeness (QED) is 0.691. The zero-order valence-electron chi connectivity index (χ0n) is 11.6.